The fraction of sp³-hybridized carbons (Fsp3) is 0.441. The summed E-state index contributed by atoms with van der Waals surface area (Å²) in [5, 5.41) is 7.57. The van der Waals surface area contributed by atoms with E-state index in [0.29, 0.717) is 11.1 Å². The van der Waals surface area contributed by atoms with Gasteiger partial charge in [-0.25, -0.2) is 9.59 Å². The van der Waals surface area contributed by atoms with Crippen LogP contribution in [0, 0.1) is 0 Å². The topological polar surface area (TPSA) is 211 Å². The third kappa shape index (κ3) is 13.2. The van der Waals surface area contributed by atoms with Gasteiger partial charge < -0.3 is 44.4 Å². The molecule has 6 atom stereocenters. The standard InChI is InChI=1S/C34H41N3O13/c1-20(38)35-29-31(49-23(4)41)30(48-22(3)40)27(19-45-21(2)39)50-32(29)37-28(42)16-15-26(33(43)46-17-24-11-7-5-8-12-24)36-34(44)47-18-25-13-9-6-10-14-25/h5-14,26-27,29-32H,15-19H2,1-4H3,(H,35,38)(H,36,44)(H,37,42)/t26-,27+,29+,30+,31+,32+/m0/s1. The summed E-state index contributed by atoms with van der Waals surface area (Å²) < 4.78 is 32.5. The van der Waals surface area contributed by atoms with Gasteiger partial charge in [0.1, 0.15) is 38.0 Å². The largest absolute Gasteiger partial charge is 0.463 e. The molecule has 3 N–H and O–H groups in total. The Morgan fingerprint density at radius 1 is 0.700 bits per heavy atom. The van der Waals surface area contributed by atoms with Crippen LogP contribution in [0.3, 0.4) is 0 Å². The third-order valence-electron chi connectivity index (χ3n) is 7.09. The number of benzene rings is 2. The van der Waals surface area contributed by atoms with E-state index in [1.807, 2.05) is 0 Å². The van der Waals surface area contributed by atoms with Gasteiger partial charge in [-0.3, -0.25) is 24.0 Å². The molecule has 3 rings (SSSR count). The van der Waals surface area contributed by atoms with Crippen molar-refractivity contribution in [2.45, 2.75) is 90.4 Å². The fourth-order valence-electron chi connectivity index (χ4n) is 4.95. The van der Waals surface area contributed by atoms with Gasteiger partial charge in [-0.2, -0.15) is 0 Å². The molecule has 1 heterocycles. The van der Waals surface area contributed by atoms with E-state index < -0.39 is 85.0 Å². The van der Waals surface area contributed by atoms with E-state index in [0.717, 1.165) is 20.8 Å². The van der Waals surface area contributed by atoms with E-state index in [-0.39, 0.29) is 26.1 Å². The van der Waals surface area contributed by atoms with Crippen LogP contribution in [0.1, 0.15) is 51.7 Å². The lowest BCUT2D eigenvalue weighted by atomic mass is 9.95. The molecule has 16 heteroatoms. The first-order chi connectivity index (χ1) is 23.8. The van der Waals surface area contributed by atoms with Crippen LogP contribution in [0.5, 0.6) is 0 Å². The summed E-state index contributed by atoms with van der Waals surface area (Å²) in [6, 6.07) is 15.1. The molecule has 1 saturated heterocycles. The Bertz CT molecular complexity index is 1490. The number of carbonyl (C=O) groups excluding carboxylic acids is 7. The first kappa shape index (κ1) is 38.9. The fourth-order valence-corrected chi connectivity index (χ4v) is 4.95. The van der Waals surface area contributed by atoms with Gasteiger partial charge in [0.2, 0.25) is 11.8 Å². The highest BCUT2D eigenvalue weighted by atomic mass is 16.6. The van der Waals surface area contributed by atoms with E-state index in [1.165, 1.54) is 6.92 Å². The van der Waals surface area contributed by atoms with Crippen molar-refractivity contribution in [2.75, 3.05) is 6.61 Å². The van der Waals surface area contributed by atoms with Crippen molar-refractivity contribution in [1.29, 1.82) is 0 Å². The minimum atomic E-state index is -1.41. The zero-order valence-electron chi connectivity index (χ0n) is 28.1. The molecule has 0 bridgehead atoms. The van der Waals surface area contributed by atoms with Crippen LogP contribution in [0.15, 0.2) is 60.7 Å². The van der Waals surface area contributed by atoms with E-state index in [9.17, 15) is 33.6 Å². The molecule has 1 fully saturated rings. The maximum absolute atomic E-state index is 13.3. The maximum Gasteiger partial charge on any atom is 0.408 e. The van der Waals surface area contributed by atoms with Crippen LogP contribution < -0.4 is 16.0 Å². The second-order valence-corrected chi connectivity index (χ2v) is 11.2. The highest BCUT2D eigenvalue weighted by molar-refractivity contribution is 5.83. The molecule has 1 aliphatic rings. The van der Waals surface area contributed by atoms with Gasteiger partial charge in [0.25, 0.3) is 0 Å². The smallest absolute Gasteiger partial charge is 0.408 e. The number of hydrogen-bond acceptors (Lipinski definition) is 13. The van der Waals surface area contributed by atoms with E-state index in [4.69, 9.17) is 28.4 Å². The number of hydrogen-bond donors (Lipinski definition) is 3. The molecule has 16 nitrogen and oxygen atoms in total. The molecule has 0 aliphatic carbocycles. The zero-order valence-corrected chi connectivity index (χ0v) is 28.1. The monoisotopic (exact) mass is 699 g/mol. The van der Waals surface area contributed by atoms with Gasteiger partial charge in [0, 0.05) is 34.1 Å². The van der Waals surface area contributed by atoms with E-state index in [2.05, 4.69) is 16.0 Å². The Balaban J connectivity index is 1.77. The van der Waals surface area contributed by atoms with Crippen molar-refractivity contribution >= 4 is 41.8 Å². The SMILES string of the molecule is CC(=O)N[C@@H]1[C@@H](OC(C)=O)[C@H](OC(C)=O)[C@@H](COC(C)=O)O[C@H]1NC(=O)CC[C@H](NC(=O)OCc1ccccc1)C(=O)OCc1ccccc1. The van der Waals surface area contributed by atoms with Crippen LogP contribution >= 0.6 is 0 Å². The number of alkyl carbamates (subject to hydrolysis) is 1. The molecule has 0 saturated carbocycles. The molecule has 0 spiro atoms. The summed E-state index contributed by atoms with van der Waals surface area (Å²) in [5.41, 5.74) is 1.40. The Hall–Kier alpha value is -5.51. The molecule has 2 aromatic carbocycles. The van der Waals surface area contributed by atoms with Gasteiger partial charge in [-0.05, 0) is 17.5 Å². The zero-order chi connectivity index (χ0) is 36.6. The summed E-state index contributed by atoms with van der Waals surface area (Å²) in [6.07, 6.45) is -6.95. The van der Waals surface area contributed by atoms with Crippen molar-refractivity contribution in [3.05, 3.63) is 71.8 Å². The molecule has 0 aromatic heterocycles. The summed E-state index contributed by atoms with van der Waals surface area (Å²) in [5.74, 6) is -4.43. The Morgan fingerprint density at radius 3 is 1.80 bits per heavy atom. The van der Waals surface area contributed by atoms with Crippen LogP contribution in [0.2, 0.25) is 0 Å². The number of ether oxygens (including phenoxy) is 6. The predicted octanol–water partition coefficient (Wildman–Crippen LogP) is 1.58. The van der Waals surface area contributed by atoms with Crippen LogP contribution in [-0.4, -0.2) is 85.0 Å². The second-order valence-electron chi connectivity index (χ2n) is 11.2. The predicted molar refractivity (Wildman–Crippen MR) is 171 cm³/mol. The quantitative estimate of drug-likeness (QED) is 0.178. The number of rotatable bonds is 15. The molecule has 0 unspecified atom stereocenters. The van der Waals surface area contributed by atoms with E-state index >= 15 is 0 Å². The van der Waals surface area contributed by atoms with Gasteiger partial charge in [-0.15, -0.1) is 0 Å². The number of carbonyl (C=O) groups is 7. The van der Waals surface area contributed by atoms with Crippen molar-refractivity contribution < 1.29 is 62.0 Å². The van der Waals surface area contributed by atoms with Crippen molar-refractivity contribution in [3.8, 4) is 0 Å². The molecule has 50 heavy (non-hydrogen) atoms. The minimum absolute atomic E-state index is 0.0746. The van der Waals surface area contributed by atoms with Gasteiger partial charge in [0.05, 0.1) is 0 Å². The van der Waals surface area contributed by atoms with Gasteiger partial charge >= 0.3 is 30.0 Å². The first-order valence-corrected chi connectivity index (χ1v) is 15.7. The molecule has 2 aromatic rings. The van der Waals surface area contributed by atoms with Gasteiger partial charge in [-0.1, -0.05) is 60.7 Å². The molecule has 1 aliphatic heterocycles. The van der Waals surface area contributed by atoms with Crippen LogP contribution in [-0.2, 0) is 70.4 Å². The lowest BCUT2D eigenvalue weighted by molar-refractivity contribution is -0.228. The van der Waals surface area contributed by atoms with Crippen LogP contribution in [0.4, 0.5) is 4.79 Å². The Kier molecular flexibility index (Phi) is 15.2. The average Bonchev–Trinajstić information content (AvgIpc) is 3.06. The molecular weight excluding hydrogens is 658 g/mol. The summed E-state index contributed by atoms with van der Waals surface area (Å²) in [7, 11) is 0. The summed E-state index contributed by atoms with van der Waals surface area (Å²) in [4.78, 5) is 87.0. The number of amides is 3. The van der Waals surface area contributed by atoms with Crippen LogP contribution in [0.25, 0.3) is 0 Å². The van der Waals surface area contributed by atoms with Crippen molar-refractivity contribution in [1.82, 2.24) is 16.0 Å². The van der Waals surface area contributed by atoms with Gasteiger partial charge in [0.15, 0.2) is 18.4 Å². The Morgan fingerprint density at radius 2 is 1.26 bits per heavy atom. The highest BCUT2D eigenvalue weighted by Crippen LogP contribution is 2.26. The average molecular weight is 700 g/mol. The number of esters is 4. The lowest BCUT2D eigenvalue weighted by Gasteiger charge is -2.45. The van der Waals surface area contributed by atoms with Crippen molar-refractivity contribution in [3.63, 3.8) is 0 Å². The molecule has 3 amide bonds. The minimum Gasteiger partial charge on any atom is -0.463 e. The third-order valence-corrected chi connectivity index (χ3v) is 7.09. The molecule has 270 valence electrons. The summed E-state index contributed by atoms with van der Waals surface area (Å²) >= 11 is 0. The molecule has 0 radical (unpaired) electrons. The number of nitrogens with one attached hydrogen (secondary N) is 3. The molecular formula is C34H41N3O13. The van der Waals surface area contributed by atoms with Crippen molar-refractivity contribution in [2.24, 2.45) is 0 Å². The first-order valence-electron chi connectivity index (χ1n) is 15.7. The summed E-state index contributed by atoms with van der Waals surface area (Å²) in [6.45, 7) is 3.87. The maximum atomic E-state index is 13.3. The Labute approximate surface area is 288 Å². The lowest BCUT2D eigenvalue weighted by Crippen LogP contribution is -2.69. The second kappa shape index (κ2) is 19.5. The highest BCUT2D eigenvalue weighted by Gasteiger charge is 2.51. The normalized spacial score (nSPS) is 20.2. The van der Waals surface area contributed by atoms with E-state index in [1.54, 1.807) is 60.7 Å².